The molecule has 0 saturated heterocycles. The summed E-state index contributed by atoms with van der Waals surface area (Å²) in [4.78, 5) is 11.3. The predicted molar refractivity (Wildman–Crippen MR) is 77.4 cm³/mol. The van der Waals surface area contributed by atoms with Crippen LogP contribution in [0.25, 0.3) is 0 Å². The van der Waals surface area contributed by atoms with Crippen LogP contribution in [0, 0.1) is 5.82 Å². The van der Waals surface area contributed by atoms with Crippen LogP contribution in [0.2, 0.25) is 0 Å². The first-order chi connectivity index (χ1) is 9.88. The Bertz CT molecular complexity index is 605. The van der Waals surface area contributed by atoms with E-state index in [-0.39, 0.29) is 30.1 Å². The molecule has 1 aromatic rings. The van der Waals surface area contributed by atoms with Crippen LogP contribution >= 0.6 is 0 Å². The molecule has 3 N–H and O–H groups in total. The summed E-state index contributed by atoms with van der Waals surface area (Å²) in [6.45, 7) is 1.41. The lowest BCUT2D eigenvalue weighted by Crippen LogP contribution is -2.40. The van der Waals surface area contributed by atoms with Crippen LogP contribution in [0.3, 0.4) is 0 Å². The standard InChI is InChI=1S/C13H20FN3O3S/c1-3-7-17(9-13(18)16-2)21(19,20)12-6-4-5-11(14)10(12)8-15/h4-6H,3,7-9,15H2,1-2H3,(H,16,18). The van der Waals surface area contributed by atoms with Gasteiger partial charge >= 0.3 is 0 Å². The van der Waals surface area contributed by atoms with Gasteiger partial charge in [0, 0.05) is 25.7 Å². The molecule has 0 bridgehead atoms. The summed E-state index contributed by atoms with van der Waals surface area (Å²) in [6.07, 6.45) is 0.531. The highest BCUT2D eigenvalue weighted by Crippen LogP contribution is 2.22. The van der Waals surface area contributed by atoms with E-state index in [9.17, 15) is 17.6 Å². The van der Waals surface area contributed by atoms with Crippen molar-refractivity contribution in [3.63, 3.8) is 0 Å². The summed E-state index contributed by atoms with van der Waals surface area (Å²) in [6, 6.07) is 3.77. The second-order valence-corrected chi connectivity index (χ2v) is 6.34. The van der Waals surface area contributed by atoms with E-state index in [1.165, 1.54) is 19.2 Å². The molecule has 8 heteroatoms. The molecule has 0 atom stereocenters. The number of rotatable bonds is 7. The minimum Gasteiger partial charge on any atom is -0.358 e. The van der Waals surface area contributed by atoms with Gasteiger partial charge in [-0.1, -0.05) is 13.0 Å². The molecular formula is C13H20FN3O3S. The van der Waals surface area contributed by atoms with E-state index in [2.05, 4.69) is 5.32 Å². The van der Waals surface area contributed by atoms with Gasteiger partial charge in [-0.2, -0.15) is 4.31 Å². The van der Waals surface area contributed by atoms with E-state index < -0.39 is 21.7 Å². The Labute approximate surface area is 124 Å². The van der Waals surface area contributed by atoms with Crippen molar-refractivity contribution in [3.8, 4) is 0 Å². The van der Waals surface area contributed by atoms with E-state index in [1.54, 1.807) is 6.92 Å². The first kappa shape index (κ1) is 17.5. The molecule has 0 radical (unpaired) electrons. The maximum absolute atomic E-state index is 13.7. The number of halogens is 1. The van der Waals surface area contributed by atoms with Crippen molar-refractivity contribution in [2.75, 3.05) is 20.1 Å². The summed E-state index contributed by atoms with van der Waals surface area (Å²) in [5, 5.41) is 2.37. The number of sulfonamides is 1. The highest BCUT2D eigenvalue weighted by Gasteiger charge is 2.28. The lowest BCUT2D eigenvalue weighted by molar-refractivity contribution is -0.120. The van der Waals surface area contributed by atoms with Crippen molar-refractivity contribution in [1.29, 1.82) is 0 Å². The molecule has 6 nitrogen and oxygen atoms in total. The first-order valence-corrected chi connectivity index (χ1v) is 8.00. The van der Waals surface area contributed by atoms with Crippen LogP contribution in [0.4, 0.5) is 4.39 Å². The van der Waals surface area contributed by atoms with Gasteiger partial charge in [0.25, 0.3) is 0 Å². The fourth-order valence-electron chi connectivity index (χ4n) is 1.89. The Kier molecular flexibility index (Phi) is 6.25. The normalized spacial score (nSPS) is 11.7. The van der Waals surface area contributed by atoms with Crippen LogP contribution in [0.15, 0.2) is 23.1 Å². The van der Waals surface area contributed by atoms with Gasteiger partial charge in [-0.05, 0) is 18.6 Å². The Balaban J connectivity index is 3.29. The third kappa shape index (κ3) is 3.99. The number of likely N-dealkylation sites (N-methyl/N-ethyl adjacent to an activating group) is 1. The summed E-state index contributed by atoms with van der Waals surface area (Å²) >= 11 is 0. The number of nitrogens with two attached hydrogens (primary N) is 1. The summed E-state index contributed by atoms with van der Waals surface area (Å²) in [7, 11) is -2.56. The number of amides is 1. The topological polar surface area (TPSA) is 92.5 Å². The SMILES string of the molecule is CCCN(CC(=O)NC)S(=O)(=O)c1cccc(F)c1CN. The Morgan fingerprint density at radius 2 is 2.10 bits per heavy atom. The zero-order valence-corrected chi connectivity index (χ0v) is 12.9. The average molecular weight is 317 g/mol. The number of hydrogen-bond donors (Lipinski definition) is 2. The average Bonchev–Trinajstić information content (AvgIpc) is 2.46. The van der Waals surface area contributed by atoms with Gasteiger partial charge in [0.2, 0.25) is 15.9 Å². The van der Waals surface area contributed by atoms with Crippen LogP contribution < -0.4 is 11.1 Å². The van der Waals surface area contributed by atoms with Crippen LogP contribution in [-0.4, -0.2) is 38.8 Å². The largest absolute Gasteiger partial charge is 0.358 e. The molecule has 0 saturated carbocycles. The molecule has 0 aliphatic rings. The molecule has 1 rings (SSSR count). The van der Waals surface area contributed by atoms with E-state index >= 15 is 0 Å². The maximum Gasteiger partial charge on any atom is 0.243 e. The van der Waals surface area contributed by atoms with E-state index in [0.29, 0.717) is 6.42 Å². The lowest BCUT2D eigenvalue weighted by Gasteiger charge is -2.22. The number of benzene rings is 1. The molecule has 0 aromatic heterocycles. The zero-order valence-electron chi connectivity index (χ0n) is 12.1. The second-order valence-electron chi connectivity index (χ2n) is 4.43. The Morgan fingerprint density at radius 1 is 1.43 bits per heavy atom. The summed E-state index contributed by atoms with van der Waals surface area (Å²) in [5.74, 6) is -1.10. The van der Waals surface area contributed by atoms with Gasteiger partial charge in [-0.15, -0.1) is 0 Å². The fourth-order valence-corrected chi connectivity index (χ4v) is 3.62. The number of carbonyl (C=O) groups excluding carboxylic acids is 1. The maximum atomic E-state index is 13.7. The predicted octanol–water partition coefficient (Wildman–Crippen LogP) is 0.431. The smallest absolute Gasteiger partial charge is 0.243 e. The van der Waals surface area contributed by atoms with Gasteiger partial charge in [0.15, 0.2) is 0 Å². The first-order valence-electron chi connectivity index (χ1n) is 6.56. The van der Waals surface area contributed by atoms with Crippen LogP contribution in [-0.2, 0) is 21.4 Å². The van der Waals surface area contributed by atoms with E-state index in [4.69, 9.17) is 5.73 Å². The molecule has 0 unspecified atom stereocenters. The van der Waals surface area contributed by atoms with Crippen LogP contribution in [0.5, 0.6) is 0 Å². The zero-order chi connectivity index (χ0) is 16.0. The quantitative estimate of drug-likeness (QED) is 0.763. The van der Waals surface area contributed by atoms with Gasteiger partial charge in [-0.25, -0.2) is 12.8 Å². The number of carbonyl (C=O) groups is 1. The van der Waals surface area contributed by atoms with Gasteiger partial charge < -0.3 is 11.1 Å². The van der Waals surface area contributed by atoms with E-state index in [1.807, 2.05) is 0 Å². The molecular weight excluding hydrogens is 297 g/mol. The summed E-state index contributed by atoms with van der Waals surface area (Å²) in [5.41, 5.74) is 5.37. The fraction of sp³-hybridized carbons (Fsp3) is 0.462. The molecule has 0 aliphatic carbocycles. The molecule has 21 heavy (non-hydrogen) atoms. The number of nitrogens with one attached hydrogen (secondary N) is 1. The highest BCUT2D eigenvalue weighted by atomic mass is 32.2. The van der Waals surface area contributed by atoms with Crippen molar-refractivity contribution in [1.82, 2.24) is 9.62 Å². The molecule has 0 fully saturated rings. The third-order valence-electron chi connectivity index (χ3n) is 2.97. The number of nitrogens with zero attached hydrogens (tertiary/aromatic N) is 1. The highest BCUT2D eigenvalue weighted by molar-refractivity contribution is 7.89. The van der Waals surface area contributed by atoms with Gasteiger partial charge in [0.1, 0.15) is 5.82 Å². The molecule has 0 spiro atoms. The van der Waals surface area contributed by atoms with Crippen molar-refractivity contribution < 1.29 is 17.6 Å². The molecule has 118 valence electrons. The number of hydrogen-bond acceptors (Lipinski definition) is 4. The lowest BCUT2D eigenvalue weighted by atomic mass is 10.2. The second kappa shape index (κ2) is 7.48. The molecule has 1 aromatic carbocycles. The van der Waals surface area contributed by atoms with Crippen molar-refractivity contribution in [3.05, 3.63) is 29.6 Å². The Morgan fingerprint density at radius 3 is 2.62 bits per heavy atom. The third-order valence-corrected chi connectivity index (χ3v) is 4.90. The van der Waals surface area contributed by atoms with Crippen molar-refractivity contribution in [2.45, 2.75) is 24.8 Å². The molecule has 0 heterocycles. The van der Waals surface area contributed by atoms with Crippen LogP contribution in [0.1, 0.15) is 18.9 Å². The van der Waals surface area contributed by atoms with Gasteiger partial charge in [0.05, 0.1) is 11.4 Å². The molecule has 0 aliphatic heterocycles. The molecule has 1 amide bonds. The monoisotopic (exact) mass is 317 g/mol. The minimum atomic E-state index is -3.98. The minimum absolute atomic E-state index is 0.0736. The van der Waals surface area contributed by atoms with Gasteiger partial charge in [-0.3, -0.25) is 4.79 Å². The van der Waals surface area contributed by atoms with E-state index in [0.717, 1.165) is 10.4 Å². The summed E-state index contributed by atoms with van der Waals surface area (Å²) < 4.78 is 40.0. The van der Waals surface area contributed by atoms with Crippen molar-refractivity contribution >= 4 is 15.9 Å². The Hall–Kier alpha value is -1.51. The van der Waals surface area contributed by atoms with Crippen molar-refractivity contribution in [2.24, 2.45) is 5.73 Å².